The quantitative estimate of drug-likeness (QED) is 0.760. The first-order chi connectivity index (χ1) is 9.78. The molecule has 0 bridgehead atoms. The van der Waals surface area contributed by atoms with Crippen LogP contribution in [-0.2, 0) is 16.4 Å². The standard InChI is InChI=1S/C16H28N2O2S/c1-14(2)12-16(13-18(3)4)17-21(19,20)11-10-15-8-6-5-7-9-15/h5-9,14,16-17H,10-13H2,1-4H3/t16-/m1/s1. The molecular weight excluding hydrogens is 284 g/mol. The molecular formula is C16H28N2O2S. The van der Waals surface area contributed by atoms with E-state index in [1.807, 2.05) is 49.3 Å². The number of hydrogen-bond donors (Lipinski definition) is 1. The molecule has 0 fully saturated rings. The summed E-state index contributed by atoms with van der Waals surface area (Å²) in [7, 11) is 0.681. The highest BCUT2D eigenvalue weighted by Gasteiger charge is 2.19. The van der Waals surface area contributed by atoms with Gasteiger partial charge >= 0.3 is 0 Å². The number of benzene rings is 1. The van der Waals surface area contributed by atoms with E-state index >= 15 is 0 Å². The van der Waals surface area contributed by atoms with Gasteiger partial charge in [-0.2, -0.15) is 0 Å². The van der Waals surface area contributed by atoms with Crippen molar-refractivity contribution in [3.05, 3.63) is 35.9 Å². The molecule has 1 rings (SSSR count). The van der Waals surface area contributed by atoms with Crippen LogP contribution in [0.1, 0.15) is 25.8 Å². The van der Waals surface area contributed by atoms with E-state index in [0.29, 0.717) is 12.3 Å². The van der Waals surface area contributed by atoms with Gasteiger partial charge in [0.2, 0.25) is 10.0 Å². The Kier molecular flexibility index (Phi) is 7.35. The first-order valence-corrected chi connectivity index (χ1v) is 9.12. The topological polar surface area (TPSA) is 49.4 Å². The number of nitrogens with zero attached hydrogens (tertiary/aromatic N) is 1. The largest absolute Gasteiger partial charge is 0.308 e. The zero-order valence-corrected chi connectivity index (χ0v) is 14.4. The number of nitrogens with one attached hydrogen (secondary N) is 1. The van der Waals surface area contributed by atoms with Crippen LogP contribution in [0.3, 0.4) is 0 Å². The Labute approximate surface area is 129 Å². The molecule has 21 heavy (non-hydrogen) atoms. The van der Waals surface area contributed by atoms with Gasteiger partial charge < -0.3 is 4.90 Å². The molecule has 0 spiro atoms. The first kappa shape index (κ1) is 18.1. The lowest BCUT2D eigenvalue weighted by Crippen LogP contribution is -2.43. The molecule has 0 aliphatic heterocycles. The van der Waals surface area contributed by atoms with E-state index in [1.165, 1.54) is 0 Å². The molecule has 1 N–H and O–H groups in total. The summed E-state index contributed by atoms with van der Waals surface area (Å²) in [5.41, 5.74) is 1.05. The Morgan fingerprint density at radius 2 is 1.76 bits per heavy atom. The van der Waals surface area contributed by atoms with Crippen molar-refractivity contribution in [3.63, 3.8) is 0 Å². The maximum atomic E-state index is 12.2. The van der Waals surface area contributed by atoms with E-state index in [1.54, 1.807) is 0 Å². The number of hydrogen-bond acceptors (Lipinski definition) is 3. The van der Waals surface area contributed by atoms with Crippen molar-refractivity contribution in [1.29, 1.82) is 0 Å². The van der Waals surface area contributed by atoms with Gasteiger partial charge in [0.15, 0.2) is 0 Å². The fraction of sp³-hybridized carbons (Fsp3) is 0.625. The molecule has 0 radical (unpaired) electrons. The van der Waals surface area contributed by atoms with Crippen LogP contribution in [0.25, 0.3) is 0 Å². The molecule has 4 nitrogen and oxygen atoms in total. The van der Waals surface area contributed by atoms with Crippen molar-refractivity contribution in [2.75, 3.05) is 26.4 Å². The lowest BCUT2D eigenvalue weighted by Gasteiger charge is -2.23. The Balaban J connectivity index is 2.58. The van der Waals surface area contributed by atoms with Gasteiger partial charge in [-0.05, 0) is 38.4 Å². The zero-order chi connectivity index (χ0) is 15.9. The smallest absolute Gasteiger partial charge is 0.212 e. The normalized spacial score (nSPS) is 13.8. The average molecular weight is 312 g/mol. The predicted octanol–water partition coefficient (Wildman–Crippen LogP) is 2.12. The van der Waals surface area contributed by atoms with Crippen LogP contribution >= 0.6 is 0 Å². The Bertz CT molecular complexity index is 488. The monoisotopic (exact) mass is 312 g/mol. The molecule has 0 aliphatic rings. The molecule has 0 aliphatic carbocycles. The number of aryl methyl sites for hydroxylation is 1. The number of likely N-dealkylation sites (N-methyl/N-ethyl adjacent to an activating group) is 1. The third-order valence-corrected chi connectivity index (χ3v) is 4.62. The van der Waals surface area contributed by atoms with Crippen LogP contribution in [0.15, 0.2) is 30.3 Å². The molecule has 0 aromatic heterocycles. The van der Waals surface area contributed by atoms with Crippen molar-refractivity contribution in [3.8, 4) is 0 Å². The molecule has 1 atom stereocenters. The Morgan fingerprint density at radius 1 is 1.14 bits per heavy atom. The van der Waals surface area contributed by atoms with Crippen molar-refractivity contribution in [2.45, 2.75) is 32.7 Å². The van der Waals surface area contributed by atoms with Crippen molar-refractivity contribution in [2.24, 2.45) is 5.92 Å². The van der Waals surface area contributed by atoms with Crippen molar-refractivity contribution < 1.29 is 8.42 Å². The second-order valence-electron chi connectivity index (χ2n) is 6.26. The summed E-state index contributed by atoms with van der Waals surface area (Å²) in [6.45, 7) is 4.95. The van der Waals surface area contributed by atoms with Gasteiger partial charge in [-0.15, -0.1) is 0 Å². The van der Waals surface area contributed by atoms with Gasteiger partial charge in [0.05, 0.1) is 5.75 Å². The van der Waals surface area contributed by atoms with Crippen molar-refractivity contribution >= 4 is 10.0 Å². The molecule has 1 aromatic carbocycles. The maximum absolute atomic E-state index is 12.2. The van der Waals surface area contributed by atoms with E-state index in [2.05, 4.69) is 18.6 Å². The van der Waals surface area contributed by atoms with Gasteiger partial charge in [0, 0.05) is 12.6 Å². The predicted molar refractivity (Wildman–Crippen MR) is 88.9 cm³/mol. The summed E-state index contributed by atoms with van der Waals surface area (Å²) in [6, 6.07) is 9.70. The molecule has 0 saturated heterocycles. The van der Waals surface area contributed by atoms with Gasteiger partial charge in [0.25, 0.3) is 0 Å². The molecule has 0 heterocycles. The lowest BCUT2D eigenvalue weighted by molar-refractivity contribution is 0.329. The van der Waals surface area contributed by atoms with E-state index in [4.69, 9.17) is 0 Å². The van der Waals surface area contributed by atoms with Gasteiger partial charge in [-0.25, -0.2) is 13.1 Å². The van der Waals surface area contributed by atoms with Crippen LogP contribution in [0.4, 0.5) is 0 Å². The van der Waals surface area contributed by atoms with Crippen LogP contribution < -0.4 is 4.72 Å². The Hall–Kier alpha value is -0.910. The minimum Gasteiger partial charge on any atom is -0.308 e. The van der Waals surface area contributed by atoms with Gasteiger partial charge in [-0.1, -0.05) is 44.2 Å². The van der Waals surface area contributed by atoms with Crippen LogP contribution in [0, 0.1) is 5.92 Å². The van der Waals surface area contributed by atoms with Gasteiger partial charge in [-0.3, -0.25) is 0 Å². The fourth-order valence-corrected chi connectivity index (χ4v) is 3.68. The molecule has 0 saturated carbocycles. The minimum atomic E-state index is -3.25. The molecule has 120 valence electrons. The molecule has 5 heteroatoms. The van der Waals surface area contributed by atoms with Crippen LogP contribution in [0.5, 0.6) is 0 Å². The van der Waals surface area contributed by atoms with E-state index in [0.717, 1.165) is 18.5 Å². The summed E-state index contributed by atoms with van der Waals surface area (Å²) in [6.07, 6.45) is 1.40. The third-order valence-electron chi connectivity index (χ3n) is 3.19. The minimum absolute atomic E-state index is 0.0271. The second-order valence-corrected chi connectivity index (χ2v) is 8.13. The maximum Gasteiger partial charge on any atom is 0.212 e. The highest BCUT2D eigenvalue weighted by atomic mass is 32.2. The van der Waals surface area contributed by atoms with E-state index in [9.17, 15) is 8.42 Å². The highest BCUT2D eigenvalue weighted by Crippen LogP contribution is 2.08. The molecule has 1 aromatic rings. The van der Waals surface area contributed by atoms with Gasteiger partial charge in [0.1, 0.15) is 0 Å². The highest BCUT2D eigenvalue weighted by molar-refractivity contribution is 7.89. The van der Waals surface area contributed by atoms with Crippen molar-refractivity contribution in [1.82, 2.24) is 9.62 Å². The number of rotatable bonds is 9. The van der Waals surface area contributed by atoms with E-state index in [-0.39, 0.29) is 11.8 Å². The molecule has 0 unspecified atom stereocenters. The number of sulfonamides is 1. The SMILES string of the molecule is CC(C)C[C@H](CN(C)C)NS(=O)(=O)CCc1ccccc1. The Morgan fingerprint density at radius 3 is 2.29 bits per heavy atom. The second kappa shape index (κ2) is 8.51. The summed E-state index contributed by atoms with van der Waals surface area (Å²) < 4.78 is 27.4. The average Bonchev–Trinajstić information content (AvgIpc) is 2.35. The fourth-order valence-electron chi connectivity index (χ4n) is 2.38. The summed E-state index contributed by atoms with van der Waals surface area (Å²) in [5, 5.41) is 0. The first-order valence-electron chi connectivity index (χ1n) is 7.47. The molecule has 0 amide bonds. The third kappa shape index (κ3) is 8.19. The van der Waals surface area contributed by atoms with Crippen LogP contribution in [0.2, 0.25) is 0 Å². The zero-order valence-electron chi connectivity index (χ0n) is 13.5. The summed E-state index contributed by atoms with van der Waals surface area (Å²) in [5.74, 6) is 0.603. The lowest BCUT2D eigenvalue weighted by atomic mass is 10.0. The summed E-state index contributed by atoms with van der Waals surface area (Å²) in [4.78, 5) is 2.02. The van der Waals surface area contributed by atoms with Crippen LogP contribution in [-0.4, -0.2) is 45.8 Å². The van der Waals surface area contributed by atoms with E-state index < -0.39 is 10.0 Å². The summed E-state index contributed by atoms with van der Waals surface area (Å²) >= 11 is 0.